The van der Waals surface area contributed by atoms with E-state index in [1.807, 2.05) is 30.3 Å². The first-order chi connectivity index (χ1) is 14.3. The van der Waals surface area contributed by atoms with Crippen molar-refractivity contribution in [1.82, 2.24) is 19.9 Å². The van der Waals surface area contributed by atoms with Gasteiger partial charge in [-0.15, -0.1) is 0 Å². The van der Waals surface area contributed by atoms with E-state index in [0.717, 1.165) is 28.7 Å². The molecule has 1 amide bonds. The number of hydrogen-bond acceptors (Lipinski definition) is 5. The molecule has 0 fully saturated rings. The Morgan fingerprint density at radius 1 is 1.00 bits per heavy atom. The summed E-state index contributed by atoms with van der Waals surface area (Å²) >= 11 is 0. The first-order valence-corrected chi connectivity index (χ1v) is 8.85. The standard InChI is InChI=1S/C21H14F3N5O/c1-12-19(15-4-2-6-16-14(15)5-3-8-25-16)27-11-17(28-12)20(30)29-13-7-9-26-18(10-13)21(22,23)24/h2-11H,1H3,(H,26,29,30). The van der Waals surface area contributed by atoms with Crippen LogP contribution in [0.3, 0.4) is 0 Å². The van der Waals surface area contributed by atoms with Gasteiger partial charge in [-0.05, 0) is 31.2 Å². The van der Waals surface area contributed by atoms with Crippen LogP contribution in [0.2, 0.25) is 0 Å². The molecular weight excluding hydrogens is 395 g/mol. The summed E-state index contributed by atoms with van der Waals surface area (Å²) in [5.41, 5.74) is 1.57. The summed E-state index contributed by atoms with van der Waals surface area (Å²) < 4.78 is 38.4. The summed E-state index contributed by atoms with van der Waals surface area (Å²) in [7, 11) is 0. The number of alkyl halides is 3. The molecule has 1 N–H and O–H groups in total. The maximum atomic E-state index is 12.8. The number of halogens is 3. The number of rotatable bonds is 3. The van der Waals surface area contributed by atoms with Gasteiger partial charge in [-0.25, -0.2) is 4.98 Å². The molecule has 0 saturated heterocycles. The van der Waals surface area contributed by atoms with E-state index in [9.17, 15) is 18.0 Å². The fourth-order valence-corrected chi connectivity index (χ4v) is 3.02. The summed E-state index contributed by atoms with van der Waals surface area (Å²) in [6.45, 7) is 1.71. The molecule has 150 valence electrons. The molecular formula is C21H14F3N5O. The molecule has 4 rings (SSSR count). The van der Waals surface area contributed by atoms with E-state index in [2.05, 4.69) is 25.3 Å². The highest BCUT2D eigenvalue weighted by molar-refractivity contribution is 6.03. The number of amides is 1. The fourth-order valence-electron chi connectivity index (χ4n) is 3.02. The molecule has 3 heterocycles. The van der Waals surface area contributed by atoms with E-state index in [-0.39, 0.29) is 11.4 Å². The number of carbonyl (C=O) groups is 1. The third kappa shape index (κ3) is 3.82. The summed E-state index contributed by atoms with van der Waals surface area (Å²) in [4.78, 5) is 28.7. The van der Waals surface area contributed by atoms with Crippen LogP contribution in [-0.4, -0.2) is 25.8 Å². The SMILES string of the molecule is Cc1nc(C(=O)Nc2ccnc(C(F)(F)F)c2)cnc1-c1cccc2ncccc12. The van der Waals surface area contributed by atoms with Gasteiger partial charge in [0.25, 0.3) is 5.91 Å². The van der Waals surface area contributed by atoms with Crippen molar-refractivity contribution in [2.75, 3.05) is 5.32 Å². The maximum Gasteiger partial charge on any atom is 0.433 e. The number of nitrogens with one attached hydrogen (secondary N) is 1. The van der Waals surface area contributed by atoms with Gasteiger partial charge in [0, 0.05) is 29.0 Å². The maximum absolute atomic E-state index is 12.8. The minimum Gasteiger partial charge on any atom is -0.320 e. The van der Waals surface area contributed by atoms with Gasteiger partial charge >= 0.3 is 6.18 Å². The average molecular weight is 409 g/mol. The molecule has 0 atom stereocenters. The molecule has 0 aliphatic rings. The number of fused-ring (bicyclic) bond motifs is 1. The molecule has 30 heavy (non-hydrogen) atoms. The largest absolute Gasteiger partial charge is 0.433 e. The zero-order valence-corrected chi connectivity index (χ0v) is 15.6. The fraction of sp³-hybridized carbons (Fsp3) is 0.0952. The normalized spacial score (nSPS) is 11.5. The first kappa shape index (κ1) is 19.4. The van der Waals surface area contributed by atoms with Crippen LogP contribution in [-0.2, 0) is 6.18 Å². The molecule has 0 spiro atoms. The van der Waals surface area contributed by atoms with Crippen LogP contribution in [0, 0.1) is 6.92 Å². The molecule has 3 aromatic heterocycles. The third-order valence-corrected chi connectivity index (χ3v) is 4.39. The second-order valence-corrected chi connectivity index (χ2v) is 6.45. The van der Waals surface area contributed by atoms with Gasteiger partial charge in [-0.1, -0.05) is 18.2 Å². The quantitative estimate of drug-likeness (QED) is 0.532. The first-order valence-electron chi connectivity index (χ1n) is 8.85. The van der Waals surface area contributed by atoms with E-state index >= 15 is 0 Å². The Bertz CT molecular complexity index is 1250. The average Bonchev–Trinajstić information content (AvgIpc) is 2.73. The van der Waals surface area contributed by atoms with Gasteiger partial charge in [-0.2, -0.15) is 13.2 Å². The Labute approximate surface area is 168 Å². The van der Waals surface area contributed by atoms with Gasteiger partial charge in [0.05, 0.1) is 23.1 Å². The van der Waals surface area contributed by atoms with Crippen molar-refractivity contribution in [3.05, 3.63) is 78.1 Å². The highest BCUT2D eigenvalue weighted by atomic mass is 19.4. The zero-order chi connectivity index (χ0) is 21.3. The molecule has 0 aliphatic heterocycles. The topological polar surface area (TPSA) is 80.7 Å². The van der Waals surface area contributed by atoms with Crippen LogP contribution < -0.4 is 5.32 Å². The molecule has 0 bridgehead atoms. The second kappa shape index (κ2) is 7.51. The number of hydrogen-bond donors (Lipinski definition) is 1. The molecule has 0 radical (unpaired) electrons. The minimum atomic E-state index is -4.61. The Morgan fingerprint density at radius 3 is 2.60 bits per heavy atom. The van der Waals surface area contributed by atoms with E-state index in [0.29, 0.717) is 11.4 Å². The van der Waals surface area contributed by atoms with Gasteiger partial charge in [0.15, 0.2) is 0 Å². The van der Waals surface area contributed by atoms with Crippen molar-refractivity contribution < 1.29 is 18.0 Å². The number of aryl methyl sites for hydroxylation is 1. The van der Waals surface area contributed by atoms with Gasteiger partial charge in [0.2, 0.25) is 0 Å². The highest BCUT2D eigenvalue weighted by Gasteiger charge is 2.32. The van der Waals surface area contributed by atoms with Crippen molar-refractivity contribution in [1.29, 1.82) is 0 Å². The number of benzene rings is 1. The lowest BCUT2D eigenvalue weighted by Gasteiger charge is -2.11. The smallest absolute Gasteiger partial charge is 0.320 e. The van der Waals surface area contributed by atoms with E-state index in [4.69, 9.17) is 0 Å². The number of carbonyl (C=O) groups excluding carboxylic acids is 1. The highest BCUT2D eigenvalue weighted by Crippen LogP contribution is 2.29. The Hall–Kier alpha value is -3.88. The van der Waals surface area contributed by atoms with Crippen LogP contribution in [0.5, 0.6) is 0 Å². The summed E-state index contributed by atoms with van der Waals surface area (Å²) in [5.74, 6) is -0.670. The molecule has 4 aromatic rings. The van der Waals surface area contributed by atoms with Gasteiger partial charge in [0.1, 0.15) is 11.4 Å². The number of nitrogens with zero attached hydrogens (tertiary/aromatic N) is 4. The molecule has 0 saturated carbocycles. The van der Waals surface area contributed by atoms with Gasteiger partial charge < -0.3 is 5.32 Å². The lowest BCUT2D eigenvalue weighted by molar-refractivity contribution is -0.141. The van der Waals surface area contributed by atoms with Crippen molar-refractivity contribution >= 4 is 22.5 Å². The second-order valence-electron chi connectivity index (χ2n) is 6.45. The lowest BCUT2D eigenvalue weighted by atomic mass is 10.0. The summed E-state index contributed by atoms with van der Waals surface area (Å²) in [6.07, 6.45) is -0.640. The molecule has 0 unspecified atom stereocenters. The van der Waals surface area contributed by atoms with Gasteiger partial charge in [-0.3, -0.25) is 19.7 Å². The van der Waals surface area contributed by atoms with Crippen LogP contribution in [0.25, 0.3) is 22.2 Å². The minimum absolute atomic E-state index is 0.0139. The van der Waals surface area contributed by atoms with Crippen LogP contribution in [0.1, 0.15) is 21.9 Å². The van der Waals surface area contributed by atoms with E-state index in [1.54, 1.807) is 13.1 Å². The molecule has 6 nitrogen and oxygen atoms in total. The molecule has 1 aromatic carbocycles. The number of pyridine rings is 2. The third-order valence-electron chi connectivity index (χ3n) is 4.39. The predicted molar refractivity (Wildman–Crippen MR) is 105 cm³/mol. The van der Waals surface area contributed by atoms with Crippen molar-refractivity contribution in [3.8, 4) is 11.3 Å². The Balaban J connectivity index is 1.63. The molecule has 0 aliphatic carbocycles. The molecule has 9 heteroatoms. The number of aromatic nitrogens is 4. The lowest BCUT2D eigenvalue weighted by Crippen LogP contribution is -2.16. The van der Waals surface area contributed by atoms with E-state index < -0.39 is 17.8 Å². The van der Waals surface area contributed by atoms with Crippen molar-refractivity contribution in [2.45, 2.75) is 13.1 Å². The van der Waals surface area contributed by atoms with Crippen LogP contribution in [0.15, 0.2) is 61.1 Å². The zero-order valence-electron chi connectivity index (χ0n) is 15.6. The van der Waals surface area contributed by atoms with Crippen molar-refractivity contribution in [2.24, 2.45) is 0 Å². The Kier molecular flexibility index (Phi) is 4.86. The van der Waals surface area contributed by atoms with E-state index in [1.165, 1.54) is 12.3 Å². The van der Waals surface area contributed by atoms with Crippen LogP contribution >= 0.6 is 0 Å². The number of anilines is 1. The summed E-state index contributed by atoms with van der Waals surface area (Å²) in [5, 5.41) is 3.29. The monoisotopic (exact) mass is 409 g/mol. The predicted octanol–water partition coefficient (Wildman–Crippen LogP) is 4.67. The van der Waals surface area contributed by atoms with Crippen LogP contribution in [0.4, 0.5) is 18.9 Å². The van der Waals surface area contributed by atoms with Crippen molar-refractivity contribution in [3.63, 3.8) is 0 Å². The Morgan fingerprint density at radius 2 is 1.83 bits per heavy atom. The summed E-state index contributed by atoms with van der Waals surface area (Å²) in [6, 6.07) is 11.4.